The Balaban J connectivity index is 2.22. The van der Waals surface area contributed by atoms with E-state index < -0.39 is 0 Å². The Morgan fingerprint density at radius 1 is 1.23 bits per heavy atom. The predicted octanol–water partition coefficient (Wildman–Crippen LogP) is 2.75. The third kappa shape index (κ3) is 7.34. The summed E-state index contributed by atoms with van der Waals surface area (Å²) in [5.74, 6) is 1.51. The lowest BCUT2D eigenvalue weighted by molar-refractivity contribution is -0.122. The SMILES string of the molecule is CC(C)CN1CC(=O)NCCCCCOc2ccc(CCCO)cc2C1. The number of hydrogen-bond acceptors (Lipinski definition) is 4. The number of carbonyl (C=O) groups excluding carboxylic acids is 1. The summed E-state index contributed by atoms with van der Waals surface area (Å²) < 4.78 is 6.06. The lowest BCUT2D eigenvalue weighted by Crippen LogP contribution is -2.39. The first-order chi connectivity index (χ1) is 12.6. The number of rotatable bonds is 5. The van der Waals surface area contributed by atoms with Crippen LogP contribution in [0.2, 0.25) is 0 Å². The summed E-state index contributed by atoms with van der Waals surface area (Å²) in [7, 11) is 0. The van der Waals surface area contributed by atoms with E-state index in [4.69, 9.17) is 9.84 Å². The molecule has 0 spiro atoms. The van der Waals surface area contributed by atoms with Crippen molar-refractivity contribution in [1.82, 2.24) is 10.2 Å². The fraction of sp³-hybridized carbons (Fsp3) is 0.667. The van der Waals surface area contributed by atoms with Gasteiger partial charge in [-0.15, -0.1) is 0 Å². The van der Waals surface area contributed by atoms with E-state index in [0.717, 1.165) is 56.5 Å². The largest absolute Gasteiger partial charge is 0.493 e. The number of nitrogens with zero attached hydrogens (tertiary/aromatic N) is 1. The molecule has 1 amide bonds. The molecule has 0 aliphatic carbocycles. The Labute approximate surface area is 157 Å². The number of ether oxygens (including phenoxy) is 1. The molecule has 1 aliphatic heterocycles. The maximum Gasteiger partial charge on any atom is 0.234 e. The minimum absolute atomic E-state index is 0.101. The van der Waals surface area contributed by atoms with E-state index in [9.17, 15) is 4.79 Å². The van der Waals surface area contributed by atoms with Gasteiger partial charge >= 0.3 is 0 Å². The molecule has 5 nitrogen and oxygen atoms in total. The van der Waals surface area contributed by atoms with Gasteiger partial charge in [0, 0.05) is 31.8 Å². The minimum Gasteiger partial charge on any atom is -0.493 e. The number of amides is 1. The number of aliphatic hydroxyl groups excluding tert-OH is 1. The van der Waals surface area contributed by atoms with Crippen molar-refractivity contribution in [3.8, 4) is 5.75 Å². The Hall–Kier alpha value is -1.59. The predicted molar refractivity (Wildman–Crippen MR) is 104 cm³/mol. The van der Waals surface area contributed by atoms with E-state index in [2.05, 4.69) is 42.3 Å². The average molecular weight is 363 g/mol. The summed E-state index contributed by atoms with van der Waals surface area (Å²) in [5.41, 5.74) is 2.34. The lowest BCUT2D eigenvalue weighted by Gasteiger charge is -2.25. The van der Waals surface area contributed by atoms with Crippen LogP contribution in [-0.4, -0.2) is 48.8 Å². The first-order valence-corrected chi connectivity index (χ1v) is 9.93. The van der Waals surface area contributed by atoms with Crippen LogP contribution in [0.25, 0.3) is 0 Å². The number of nitrogens with one attached hydrogen (secondary N) is 1. The van der Waals surface area contributed by atoms with Gasteiger partial charge in [0.2, 0.25) is 5.91 Å². The average Bonchev–Trinajstić information content (AvgIpc) is 2.60. The number of fused-ring (bicyclic) bond motifs is 1. The third-order valence-electron chi connectivity index (χ3n) is 4.53. The molecule has 0 saturated heterocycles. The second-order valence-electron chi connectivity index (χ2n) is 7.59. The lowest BCUT2D eigenvalue weighted by atomic mass is 10.0. The van der Waals surface area contributed by atoms with Crippen molar-refractivity contribution in [2.75, 3.05) is 32.8 Å². The van der Waals surface area contributed by atoms with Crippen LogP contribution >= 0.6 is 0 Å². The van der Waals surface area contributed by atoms with Gasteiger partial charge in [0.15, 0.2) is 0 Å². The Morgan fingerprint density at radius 2 is 2.08 bits per heavy atom. The summed E-state index contributed by atoms with van der Waals surface area (Å²) in [6.07, 6.45) is 4.66. The molecule has 26 heavy (non-hydrogen) atoms. The molecule has 5 heteroatoms. The molecule has 0 radical (unpaired) electrons. The van der Waals surface area contributed by atoms with Crippen molar-refractivity contribution in [1.29, 1.82) is 0 Å². The Bertz CT molecular complexity index is 560. The summed E-state index contributed by atoms with van der Waals surface area (Å²) in [5, 5.41) is 12.1. The van der Waals surface area contributed by atoms with E-state index in [-0.39, 0.29) is 12.5 Å². The maximum absolute atomic E-state index is 12.3. The van der Waals surface area contributed by atoms with E-state index in [0.29, 0.717) is 25.6 Å². The molecule has 0 fully saturated rings. The molecular formula is C21H34N2O3. The normalized spacial score (nSPS) is 17.5. The van der Waals surface area contributed by atoms with Crippen LogP contribution in [0.1, 0.15) is 50.7 Å². The van der Waals surface area contributed by atoms with Gasteiger partial charge < -0.3 is 15.2 Å². The van der Waals surface area contributed by atoms with Crippen LogP contribution in [0.5, 0.6) is 5.75 Å². The topological polar surface area (TPSA) is 61.8 Å². The van der Waals surface area contributed by atoms with Crippen LogP contribution in [-0.2, 0) is 17.8 Å². The smallest absolute Gasteiger partial charge is 0.234 e. The zero-order chi connectivity index (χ0) is 18.8. The monoisotopic (exact) mass is 362 g/mol. The highest BCUT2D eigenvalue weighted by atomic mass is 16.5. The molecule has 2 rings (SSSR count). The fourth-order valence-electron chi connectivity index (χ4n) is 3.35. The highest BCUT2D eigenvalue weighted by Crippen LogP contribution is 2.24. The van der Waals surface area contributed by atoms with Crippen LogP contribution in [0, 0.1) is 5.92 Å². The van der Waals surface area contributed by atoms with Crippen molar-refractivity contribution < 1.29 is 14.6 Å². The molecule has 0 atom stereocenters. The molecule has 2 N–H and O–H groups in total. The van der Waals surface area contributed by atoms with Gasteiger partial charge in [-0.2, -0.15) is 0 Å². The quantitative estimate of drug-likeness (QED) is 0.845. The summed E-state index contributed by atoms with van der Waals surface area (Å²) >= 11 is 0. The number of hydrogen-bond donors (Lipinski definition) is 2. The first kappa shape index (κ1) is 20.7. The number of aryl methyl sites for hydroxylation is 1. The highest BCUT2D eigenvalue weighted by molar-refractivity contribution is 5.78. The zero-order valence-electron chi connectivity index (χ0n) is 16.3. The second kappa shape index (κ2) is 11.2. The minimum atomic E-state index is 0.101. The van der Waals surface area contributed by atoms with E-state index in [1.165, 1.54) is 5.56 Å². The molecule has 0 unspecified atom stereocenters. The van der Waals surface area contributed by atoms with Gasteiger partial charge in [-0.3, -0.25) is 9.69 Å². The van der Waals surface area contributed by atoms with Crippen LogP contribution < -0.4 is 10.1 Å². The van der Waals surface area contributed by atoms with Crippen molar-refractivity contribution in [2.45, 2.75) is 52.5 Å². The van der Waals surface area contributed by atoms with Crippen molar-refractivity contribution >= 4 is 5.91 Å². The van der Waals surface area contributed by atoms with Gasteiger partial charge in [-0.1, -0.05) is 26.0 Å². The zero-order valence-corrected chi connectivity index (χ0v) is 16.3. The summed E-state index contributed by atoms with van der Waals surface area (Å²) in [6.45, 7) is 7.99. The summed E-state index contributed by atoms with van der Waals surface area (Å²) in [4.78, 5) is 14.5. The number of carbonyl (C=O) groups is 1. The summed E-state index contributed by atoms with van der Waals surface area (Å²) in [6, 6.07) is 6.32. The van der Waals surface area contributed by atoms with Gasteiger partial charge in [-0.25, -0.2) is 0 Å². The van der Waals surface area contributed by atoms with E-state index >= 15 is 0 Å². The van der Waals surface area contributed by atoms with Gasteiger partial charge in [0.05, 0.1) is 13.2 Å². The molecular weight excluding hydrogens is 328 g/mol. The van der Waals surface area contributed by atoms with Crippen molar-refractivity contribution in [3.63, 3.8) is 0 Å². The molecule has 1 aliphatic rings. The first-order valence-electron chi connectivity index (χ1n) is 9.93. The third-order valence-corrected chi connectivity index (χ3v) is 4.53. The Morgan fingerprint density at radius 3 is 2.85 bits per heavy atom. The van der Waals surface area contributed by atoms with Crippen LogP contribution in [0.4, 0.5) is 0 Å². The van der Waals surface area contributed by atoms with Gasteiger partial charge in [0.1, 0.15) is 5.75 Å². The van der Waals surface area contributed by atoms with Crippen LogP contribution in [0.3, 0.4) is 0 Å². The van der Waals surface area contributed by atoms with Crippen molar-refractivity contribution in [2.24, 2.45) is 5.92 Å². The van der Waals surface area contributed by atoms with E-state index in [1.54, 1.807) is 0 Å². The highest BCUT2D eigenvalue weighted by Gasteiger charge is 2.16. The standard InChI is InChI=1S/C21H34N2O3/c1-17(2)14-23-15-19-13-18(7-6-11-24)8-9-20(19)26-12-5-3-4-10-22-21(25)16-23/h8-9,13,17,24H,3-7,10-12,14-16H2,1-2H3,(H,22,25). The molecule has 1 aromatic rings. The molecule has 1 aromatic carbocycles. The van der Waals surface area contributed by atoms with Crippen LogP contribution in [0.15, 0.2) is 18.2 Å². The fourth-order valence-corrected chi connectivity index (χ4v) is 3.35. The molecule has 146 valence electrons. The number of benzene rings is 1. The molecule has 0 saturated carbocycles. The molecule has 1 heterocycles. The Kier molecular flexibility index (Phi) is 8.92. The van der Waals surface area contributed by atoms with E-state index in [1.807, 2.05) is 0 Å². The number of aliphatic hydroxyl groups is 1. The maximum atomic E-state index is 12.3. The molecule has 0 bridgehead atoms. The van der Waals surface area contributed by atoms with Gasteiger partial charge in [0.25, 0.3) is 0 Å². The molecule has 0 aromatic heterocycles. The van der Waals surface area contributed by atoms with Crippen molar-refractivity contribution in [3.05, 3.63) is 29.3 Å². The second-order valence-corrected chi connectivity index (χ2v) is 7.59. The van der Waals surface area contributed by atoms with Gasteiger partial charge in [-0.05, 0) is 49.7 Å².